The third-order valence-corrected chi connectivity index (χ3v) is 3.01. The van der Waals surface area contributed by atoms with E-state index in [-0.39, 0.29) is 17.6 Å². The van der Waals surface area contributed by atoms with E-state index in [1.54, 1.807) is 24.3 Å². The number of Topliss-reactive ketones (excluding diaryl/α,β-unsaturated/α-hetero) is 1. The van der Waals surface area contributed by atoms with Crippen LogP contribution < -0.4 is 5.32 Å². The van der Waals surface area contributed by atoms with Crippen LogP contribution in [-0.2, 0) is 4.79 Å². The molecule has 1 aromatic rings. The molecule has 1 amide bonds. The number of amides is 1. The first-order chi connectivity index (χ1) is 7.58. The molecule has 0 aliphatic heterocycles. The van der Waals surface area contributed by atoms with Gasteiger partial charge in [-0.15, -0.1) is 0 Å². The molecule has 1 aliphatic carbocycles. The van der Waals surface area contributed by atoms with Gasteiger partial charge in [0.1, 0.15) is 0 Å². The average molecular weight is 217 g/mol. The first-order valence-corrected chi connectivity index (χ1v) is 5.50. The molecule has 0 aromatic heterocycles. The molecule has 0 saturated heterocycles. The molecule has 0 radical (unpaired) electrons. The zero-order chi connectivity index (χ0) is 11.7. The van der Waals surface area contributed by atoms with Crippen LogP contribution in [0.5, 0.6) is 0 Å². The van der Waals surface area contributed by atoms with Crippen LogP contribution in [0.25, 0.3) is 0 Å². The van der Waals surface area contributed by atoms with Gasteiger partial charge >= 0.3 is 0 Å². The first-order valence-electron chi connectivity index (χ1n) is 5.50. The van der Waals surface area contributed by atoms with Crippen LogP contribution in [0.2, 0.25) is 0 Å². The molecule has 3 nitrogen and oxygen atoms in total. The van der Waals surface area contributed by atoms with E-state index in [4.69, 9.17) is 0 Å². The highest BCUT2D eigenvalue weighted by molar-refractivity contribution is 5.96. The molecule has 84 valence electrons. The predicted molar refractivity (Wildman–Crippen MR) is 62.3 cm³/mol. The van der Waals surface area contributed by atoms with E-state index in [1.165, 1.54) is 6.92 Å². The Morgan fingerprint density at radius 1 is 1.25 bits per heavy atom. The molecule has 0 bridgehead atoms. The largest absolute Gasteiger partial charge is 0.326 e. The highest BCUT2D eigenvalue weighted by atomic mass is 16.2. The maximum absolute atomic E-state index is 11.6. The Bertz CT molecular complexity index is 422. The number of nitrogens with one attached hydrogen (secondary N) is 1. The van der Waals surface area contributed by atoms with E-state index in [0.29, 0.717) is 11.5 Å². The normalized spacial score (nSPS) is 22.6. The minimum Gasteiger partial charge on any atom is -0.326 e. The highest BCUT2D eigenvalue weighted by Gasteiger charge is 2.38. The number of rotatable bonds is 3. The van der Waals surface area contributed by atoms with Crippen LogP contribution in [0.4, 0.5) is 5.69 Å². The fraction of sp³-hybridized carbons (Fsp3) is 0.385. The van der Waals surface area contributed by atoms with Crippen molar-refractivity contribution < 1.29 is 9.59 Å². The Balaban J connectivity index is 2.00. The van der Waals surface area contributed by atoms with E-state index in [9.17, 15) is 9.59 Å². The summed E-state index contributed by atoms with van der Waals surface area (Å²) in [5, 5.41) is 2.85. The van der Waals surface area contributed by atoms with Gasteiger partial charge in [0.25, 0.3) is 0 Å². The summed E-state index contributed by atoms with van der Waals surface area (Å²) in [6.45, 7) is 3.60. The van der Waals surface area contributed by atoms with Crippen LogP contribution in [0.15, 0.2) is 24.3 Å². The number of hydrogen-bond acceptors (Lipinski definition) is 2. The molecule has 0 unspecified atom stereocenters. The summed E-state index contributed by atoms with van der Waals surface area (Å²) < 4.78 is 0. The summed E-state index contributed by atoms with van der Waals surface area (Å²) in [6.07, 6.45) is 0.983. The Morgan fingerprint density at radius 2 is 1.81 bits per heavy atom. The maximum atomic E-state index is 11.6. The summed E-state index contributed by atoms with van der Waals surface area (Å²) >= 11 is 0. The number of carbonyl (C=O) groups is 2. The van der Waals surface area contributed by atoms with Gasteiger partial charge in [0.15, 0.2) is 5.78 Å². The minimum atomic E-state index is 0.0358. The summed E-state index contributed by atoms with van der Waals surface area (Å²) in [6, 6.07) is 6.99. The number of anilines is 1. The zero-order valence-corrected chi connectivity index (χ0v) is 9.49. The fourth-order valence-electron chi connectivity index (χ4n) is 1.71. The Hall–Kier alpha value is -1.64. The Labute approximate surface area is 94.9 Å². The molecule has 2 atom stereocenters. The molecule has 1 fully saturated rings. The van der Waals surface area contributed by atoms with Gasteiger partial charge in [-0.3, -0.25) is 9.59 Å². The first kappa shape index (κ1) is 10.9. The summed E-state index contributed by atoms with van der Waals surface area (Å²) in [7, 11) is 0. The van der Waals surface area contributed by atoms with Crippen molar-refractivity contribution in [3.8, 4) is 0 Å². The quantitative estimate of drug-likeness (QED) is 0.790. The van der Waals surface area contributed by atoms with Crippen molar-refractivity contribution in [2.45, 2.75) is 20.3 Å². The van der Waals surface area contributed by atoms with Gasteiger partial charge < -0.3 is 5.32 Å². The number of ketones is 1. The van der Waals surface area contributed by atoms with Crippen LogP contribution in [0.1, 0.15) is 30.6 Å². The average Bonchev–Trinajstić information content (AvgIpc) is 2.96. The fourth-order valence-corrected chi connectivity index (χ4v) is 1.71. The highest BCUT2D eigenvalue weighted by Crippen LogP contribution is 2.38. The lowest BCUT2D eigenvalue weighted by Crippen LogP contribution is -2.14. The monoisotopic (exact) mass is 217 g/mol. The zero-order valence-electron chi connectivity index (χ0n) is 9.49. The standard InChI is InChI=1S/C13H15NO2/c1-8-7-12(8)13(16)14-11-5-3-10(4-6-11)9(2)15/h3-6,8,12H,7H2,1-2H3,(H,14,16)/t8-,12-/m0/s1. The second kappa shape index (κ2) is 4.08. The number of benzene rings is 1. The molecule has 0 spiro atoms. The molecule has 0 heterocycles. The molecule has 2 rings (SSSR count). The molecule has 16 heavy (non-hydrogen) atoms. The third-order valence-electron chi connectivity index (χ3n) is 3.01. The van der Waals surface area contributed by atoms with Crippen molar-refractivity contribution in [3.05, 3.63) is 29.8 Å². The molecular weight excluding hydrogens is 202 g/mol. The van der Waals surface area contributed by atoms with Gasteiger partial charge in [-0.2, -0.15) is 0 Å². The van der Waals surface area contributed by atoms with Crippen LogP contribution in [0.3, 0.4) is 0 Å². The maximum Gasteiger partial charge on any atom is 0.227 e. The second-order valence-corrected chi connectivity index (χ2v) is 4.44. The summed E-state index contributed by atoms with van der Waals surface area (Å²) in [5.41, 5.74) is 1.42. The van der Waals surface area contributed by atoms with E-state index in [1.807, 2.05) is 0 Å². The Kier molecular flexibility index (Phi) is 2.77. The van der Waals surface area contributed by atoms with Crippen molar-refractivity contribution in [2.24, 2.45) is 11.8 Å². The van der Waals surface area contributed by atoms with Crippen LogP contribution in [0, 0.1) is 11.8 Å². The smallest absolute Gasteiger partial charge is 0.227 e. The number of hydrogen-bond donors (Lipinski definition) is 1. The van der Waals surface area contributed by atoms with E-state index >= 15 is 0 Å². The predicted octanol–water partition coefficient (Wildman–Crippen LogP) is 2.48. The van der Waals surface area contributed by atoms with Crippen molar-refractivity contribution in [3.63, 3.8) is 0 Å². The van der Waals surface area contributed by atoms with Gasteiger partial charge in [-0.1, -0.05) is 6.92 Å². The topological polar surface area (TPSA) is 46.2 Å². The second-order valence-electron chi connectivity index (χ2n) is 4.44. The lowest BCUT2D eigenvalue weighted by Gasteiger charge is -2.04. The van der Waals surface area contributed by atoms with Crippen LogP contribution >= 0.6 is 0 Å². The van der Waals surface area contributed by atoms with E-state index in [2.05, 4.69) is 12.2 Å². The van der Waals surface area contributed by atoms with Gasteiger partial charge in [-0.25, -0.2) is 0 Å². The third kappa shape index (κ3) is 2.30. The van der Waals surface area contributed by atoms with Gasteiger partial charge in [0.2, 0.25) is 5.91 Å². The van der Waals surface area contributed by atoms with Gasteiger partial charge in [0.05, 0.1) is 0 Å². The van der Waals surface area contributed by atoms with Gasteiger partial charge in [-0.05, 0) is 43.5 Å². The molecule has 1 saturated carbocycles. The van der Waals surface area contributed by atoms with Crippen molar-refractivity contribution in [2.75, 3.05) is 5.32 Å². The summed E-state index contributed by atoms with van der Waals surface area (Å²) in [5.74, 6) is 0.806. The molecule has 3 heteroatoms. The van der Waals surface area contributed by atoms with E-state index in [0.717, 1.165) is 12.1 Å². The number of carbonyl (C=O) groups excluding carboxylic acids is 2. The van der Waals surface area contributed by atoms with Crippen molar-refractivity contribution >= 4 is 17.4 Å². The molecule has 1 aromatic carbocycles. The summed E-state index contributed by atoms with van der Waals surface area (Å²) in [4.78, 5) is 22.7. The molecule has 1 aliphatic rings. The van der Waals surface area contributed by atoms with Crippen LogP contribution in [-0.4, -0.2) is 11.7 Å². The lowest BCUT2D eigenvalue weighted by atomic mass is 10.1. The van der Waals surface area contributed by atoms with Gasteiger partial charge in [0, 0.05) is 17.2 Å². The van der Waals surface area contributed by atoms with E-state index < -0.39 is 0 Å². The molecule has 1 N–H and O–H groups in total. The SMILES string of the molecule is CC(=O)c1ccc(NC(=O)[C@H]2C[C@@H]2C)cc1. The van der Waals surface area contributed by atoms with Crippen molar-refractivity contribution in [1.29, 1.82) is 0 Å². The minimum absolute atomic E-state index is 0.0358. The molecular formula is C13H15NO2. The van der Waals surface area contributed by atoms with Crippen molar-refractivity contribution in [1.82, 2.24) is 0 Å². The Morgan fingerprint density at radius 3 is 2.25 bits per heavy atom. The lowest BCUT2D eigenvalue weighted by molar-refractivity contribution is -0.117.